The largest absolute Gasteiger partial charge is 0.460 e. The van der Waals surface area contributed by atoms with Crippen molar-refractivity contribution in [3.8, 4) is 0 Å². The Morgan fingerprint density at radius 1 is 1.04 bits per heavy atom. The van der Waals surface area contributed by atoms with E-state index in [-0.39, 0.29) is 11.9 Å². The van der Waals surface area contributed by atoms with Gasteiger partial charge in [0.15, 0.2) is 0 Å². The van der Waals surface area contributed by atoms with E-state index in [4.69, 9.17) is 4.74 Å². The summed E-state index contributed by atoms with van der Waals surface area (Å²) in [5.74, 6) is 0.609. The average Bonchev–Trinajstić information content (AvgIpc) is 2.54. The van der Waals surface area contributed by atoms with E-state index in [1.807, 2.05) is 45.0 Å². The van der Waals surface area contributed by atoms with Gasteiger partial charge in [0.1, 0.15) is 5.60 Å². The van der Waals surface area contributed by atoms with Crippen LogP contribution in [-0.2, 0) is 16.0 Å². The topological polar surface area (TPSA) is 26.3 Å². The molecule has 0 unspecified atom stereocenters. The van der Waals surface area contributed by atoms with Gasteiger partial charge in [0, 0.05) is 5.92 Å². The van der Waals surface area contributed by atoms with Gasteiger partial charge in [-0.3, -0.25) is 4.79 Å². The van der Waals surface area contributed by atoms with Gasteiger partial charge in [-0.25, -0.2) is 0 Å². The summed E-state index contributed by atoms with van der Waals surface area (Å²) in [5.41, 5.74) is 1.49. The lowest BCUT2D eigenvalue weighted by molar-refractivity contribution is -0.180. The molecule has 0 spiro atoms. The highest BCUT2D eigenvalue weighted by atomic mass is 16.6. The van der Waals surface area contributed by atoms with Crippen LogP contribution in [-0.4, -0.2) is 11.6 Å². The van der Waals surface area contributed by atoms with Crippen LogP contribution in [0.2, 0.25) is 0 Å². The molecule has 0 aromatic heterocycles. The molecule has 2 aromatic rings. The van der Waals surface area contributed by atoms with Crippen molar-refractivity contribution in [2.75, 3.05) is 0 Å². The van der Waals surface area contributed by atoms with Crippen LogP contribution in [0.1, 0.15) is 51.2 Å². The summed E-state index contributed by atoms with van der Waals surface area (Å²) in [6.45, 7) is 8.08. The maximum Gasteiger partial charge on any atom is 0.313 e. The van der Waals surface area contributed by atoms with E-state index < -0.39 is 11.0 Å². The molecule has 0 N–H and O–H groups in total. The normalized spacial score (nSPS) is 25.9. The van der Waals surface area contributed by atoms with Gasteiger partial charge in [-0.1, -0.05) is 67.6 Å². The van der Waals surface area contributed by atoms with Crippen LogP contribution in [0, 0.1) is 11.3 Å². The molecule has 1 aliphatic carbocycles. The summed E-state index contributed by atoms with van der Waals surface area (Å²) >= 11 is 0. The van der Waals surface area contributed by atoms with Crippen LogP contribution < -0.4 is 0 Å². The highest BCUT2D eigenvalue weighted by Gasteiger charge is 2.58. The molecule has 0 radical (unpaired) electrons. The third-order valence-corrected chi connectivity index (χ3v) is 5.18. The maximum absolute atomic E-state index is 13.3. The van der Waals surface area contributed by atoms with Crippen LogP contribution in [0.5, 0.6) is 0 Å². The standard InChI is InChI=1S/C23H28O2/c1-17-15-23(21(24)25-22(2,3)4,16-18-11-7-5-8-12-18)20(17)19-13-9-6-10-14-19/h5-14,17,20H,15-16H2,1-4H3/t17-,20-,23+/m0/s1. The van der Waals surface area contributed by atoms with Crippen LogP contribution in [0.15, 0.2) is 60.7 Å². The van der Waals surface area contributed by atoms with E-state index in [9.17, 15) is 4.79 Å². The Morgan fingerprint density at radius 3 is 2.12 bits per heavy atom. The number of esters is 1. The zero-order chi connectivity index (χ0) is 18.1. The Kier molecular flexibility index (Phi) is 4.73. The molecule has 1 saturated carbocycles. The SMILES string of the molecule is C[C@H]1C[C@](Cc2ccccc2)(C(=O)OC(C)(C)C)[C@@H]1c1ccccc1. The summed E-state index contributed by atoms with van der Waals surface area (Å²) in [7, 11) is 0. The first-order chi connectivity index (χ1) is 11.8. The molecule has 2 aromatic carbocycles. The molecular formula is C23H28O2. The van der Waals surface area contributed by atoms with Crippen LogP contribution >= 0.6 is 0 Å². The number of hydrogen-bond acceptors (Lipinski definition) is 2. The molecule has 2 nitrogen and oxygen atoms in total. The number of carbonyl (C=O) groups is 1. The number of carbonyl (C=O) groups excluding carboxylic acids is 1. The van der Waals surface area contributed by atoms with Gasteiger partial charge < -0.3 is 4.74 Å². The van der Waals surface area contributed by atoms with Crippen molar-refractivity contribution < 1.29 is 9.53 Å². The number of benzene rings is 2. The molecule has 0 aliphatic heterocycles. The predicted octanol–water partition coefficient (Wildman–Crippen LogP) is 5.38. The highest BCUT2D eigenvalue weighted by molar-refractivity contribution is 5.81. The summed E-state index contributed by atoms with van der Waals surface area (Å²) in [6, 6.07) is 20.7. The molecule has 132 valence electrons. The minimum Gasteiger partial charge on any atom is -0.460 e. The third kappa shape index (κ3) is 3.63. The van der Waals surface area contributed by atoms with Gasteiger partial charge in [-0.2, -0.15) is 0 Å². The molecule has 25 heavy (non-hydrogen) atoms. The van der Waals surface area contributed by atoms with E-state index in [0.29, 0.717) is 5.92 Å². The lowest BCUT2D eigenvalue weighted by Crippen LogP contribution is -2.54. The quantitative estimate of drug-likeness (QED) is 0.701. The Labute approximate surface area is 151 Å². The monoisotopic (exact) mass is 336 g/mol. The smallest absolute Gasteiger partial charge is 0.313 e. The fraction of sp³-hybridized carbons (Fsp3) is 0.435. The molecule has 2 heteroatoms. The Balaban J connectivity index is 1.99. The lowest BCUT2D eigenvalue weighted by atomic mass is 9.50. The fourth-order valence-electron chi connectivity index (χ4n) is 4.32. The number of ether oxygens (including phenoxy) is 1. The van der Waals surface area contributed by atoms with Crippen LogP contribution in [0.25, 0.3) is 0 Å². The lowest BCUT2D eigenvalue weighted by Gasteiger charge is -2.53. The number of rotatable bonds is 4. The van der Waals surface area contributed by atoms with Crippen molar-refractivity contribution >= 4 is 5.97 Å². The molecule has 0 bridgehead atoms. The maximum atomic E-state index is 13.3. The summed E-state index contributed by atoms with van der Waals surface area (Å²) in [4.78, 5) is 13.3. The van der Waals surface area contributed by atoms with Gasteiger partial charge in [-0.15, -0.1) is 0 Å². The first kappa shape index (κ1) is 17.7. The Hall–Kier alpha value is -2.09. The third-order valence-electron chi connectivity index (χ3n) is 5.18. The second kappa shape index (κ2) is 6.67. The zero-order valence-corrected chi connectivity index (χ0v) is 15.7. The molecule has 1 aliphatic rings. The van der Waals surface area contributed by atoms with Gasteiger partial charge in [0.05, 0.1) is 5.41 Å². The van der Waals surface area contributed by atoms with E-state index in [2.05, 4.69) is 43.3 Å². The molecule has 0 saturated heterocycles. The second-order valence-corrected chi connectivity index (χ2v) is 8.39. The van der Waals surface area contributed by atoms with Crippen LogP contribution in [0.3, 0.4) is 0 Å². The Bertz CT molecular complexity index is 715. The predicted molar refractivity (Wildman–Crippen MR) is 101 cm³/mol. The van der Waals surface area contributed by atoms with E-state index >= 15 is 0 Å². The van der Waals surface area contributed by atoms with Gasteiger partial charge >= 0.3 is 5.97 Å². The molecule has 0 amide bonds. The van der Waals surface area contributed by atoms with Gasteiger partial charge in [-0.05, 0) is 50.7 Å². The summed E-state index contributed by atoms with van der Waals surface area (Å²) in [6.07, 6.45) is 1.60. The van der Waals surface area contributed by atoms with E-state index in [1.165, 1.54) is 11.1 Å². The van der Waals surface area contributed by atoms with E-state index in [0.717, 1.165) is 12.8 Å². The van der Waals surface area contributed by atoms with Crippen LogP contribution in [0.4, 0.5) is 0 Å². The molecule has 3 atom stereocenters. The van der Waals surface area contributed by atoms with Crippen molar-refractivity contribution in [3.63, 3.8) is 0 Å². The van der Waals surface area contributed by atoms with Crippen molar-refractivity contribution in [2.45, 2.75) is 52.1 Å². The van der Waals surface area contributed by atoms with Gasteiger partial charge in [0.25, 0.3) is 0 Å². The van der Waals surface area contributed by atoms with Crippen molar-refractivity contribution in [1.29, 1.82) is 0 Å². The second-order valence-electron chi connectivity index (χ2n) is 8.39. The fourth-order valence-corrected chi connectivity index (χ4v) is 4.32. The molecule has 1 fully saturated rings. The zero-order valence-electron chi connectivity index (χ0n) is 15.7. The molecule has 3 rings (SSSR count). The summed E-state index contributed by atoms with van der Waals surface area (Å²) in [5, 5.41) is 0. The van der Waals surface area contributed by atoms with Crippen molar-refractivity contribution in [1.82, 2.24) is 0 Å². The highest BCUT2D eigenvalue weighted by Crippen LogP contribution is 2.59. The molecular weight excluding hydrogens is 308 g/mol. The minimum absolute atomic E-state index is 0.0594. The molecule has 0 heterocycles. The minimum atomic E-state index is -0.477. The average molecular weight is 336 g/mol. The van der Waals surface area contributed by atoms with E-state index in [1.54, 1.807) is 0 Å². The first-order valence-electron chi connectivity index (χ1n) is 9.14. The van der Waals surface area contributed by atoms with Gasteiger partial charge in [0.2, 0.25) is 0 Å². The number of hydrogen-bond donors (Lipinski definition) is 0. The van der Waals surface area contributed by atoms with Crippen molar-refractivity contribution in [2.24, 2.45) is 11.3 Å². The first-order valence-corrected chi connectivity index (χ1v) is 9.14. The summed E-state index contributed by atoms with van der Waals surface area (Å²) < 4.78 is 5.88. The van der Waals surface area contributed by atoms with Crippen molar-refractivity contribution in [3.05, 3.63) is 71.8 Å². The Morgan fingerprint density at radius 2 is 1.60 bits per heavy atom.